The number of hydrogen-bond donors (Lipinski definition) is 1. The van der Waals surface area contributed by atoms with Crippen LogP contribution in [-0.4, -0.2) is 42.5 Å². The Kier molecular flexibility index (Phi) is 6.76. The van der Waals surface area contributed by atoms with Crippen LogP contribution in [0.1, 0.15) is 45.4 Å². The zero-order valence-corrected chi connectivity index (χ0v) is 15.8. The molecule has 0 aliphatic heterocycles. The lowest BCUT2D eigenvalue weighted by molar-refractivity contribution is -0.146. The molecule has 2 aromatic rings. The summed E-state index contributed by atoms with van der Waals surface area (Å²) in [5, 5.41) is 0. The Morgan fingerprint density at radius 2 is 1.78 bits per heavy atom. The summed E-state index contributed by atoms with van der Waals surface area (Å²) >= 11 is 0. The second-order valence-electron chi connectivity index (χ2n) is 6.02. The van der Waals surface area contributed by atoms with Gasteiger partial charge in [0.1, 0.15) is 5.75 Å². The molecule has 0 bridgehead atoms. The molecule has 1 N–H and O–H groups in total. The van der Waals surface area contributed by atoms with Gasteiger partial charge in [0.15, 0.2) is 6.10 Å². The standard InChI is InChI=1S/C20H23NO6/c1-12-17(20(24)25-4)13(2)21-18(12)19(23)14(3)27-16(22)10-11-26-15-8-6-5-7-9-15/h5-9,14,21H,10-11H2,1-4H3/t14-/m1/s1. The normalized spacial score (nSPS) is 11.6. The van der Waals surface area contributed by atoms with Gasteiger partial charge in [0.05, 0.1) is 31.4 Å². The van der Waals surface area contributed by atoms with Crippen molar-refractivity contribution in [2.45, 2.75) is 33.3 Å². The molecule has 1 aromatic carbocycles. The van der Waals surface area contributed by atoms with Gasteiger partial charge >= 0.3 is 11.9 Å². The van der Waals surface area contributed by atoms with E-state index in [0.717, 1.165) is 0 Å². The Hall–Kier alpha value is -3.09. The van der Waals surface area contributed by atoms with Crippen molar-refractivity contribution in [3.63, 3.8) is 0 Å². The predicted octanol–water partition coefficient (Wildman–Crippen LogP) is 3.00. The Bertz CT molecular complexity index is 824. The van der Waals surface area contributed by atoms with Crippen LogP contribution in [0.3, 0.4) is 0 Å². The predicted molar refractivity (Wildman–Crippen MR) is 98.0 cm³/mol. The fourth-order valence-corrected chi connectivity index (χ4v) is 2.69. The monoisotopic (exact) mass is 373 g/mol. The molecule has 0 unspecified atom stereocenters. The maximum absolute atomic E-state index is 12.6. The lowest BCUT2D eigenvalue weighted by Gasteiger charge is -2.12. The van der Waals surface area contributed by atoms with E-state index in [1.54, 1.807) is 26.0 Å². The number of methoxy groups -OCH3 is 1. The molecule has 7 nitrogen and oxygen atoms in total. The number of rotatable bonds is 8. The highest BCUT2D eigenvalue weighted by molar-refractivity contribution is 6.03. The minimum absolute atomic E-state index is 0.0165. The lowest BCUT2D eigenvalue weighted by Crippen LogP contribution is -2.26. The zero-order valence-electron chi connectivity index (χ0n) is 15.8. The maximum Gasteiger partial charge on any atom is 0.339 e. The zero-order chi connectivity index (χ0) is 20.0. The molecule has 2 rings (SSSR count). The number of benzene rings is 1. The summed E-state index contributed by atoms with van der Waals surface area (Å²) in [5.41, 5.74) is 1.54. The third-order valence-corrected chi connectivity index (χ3v) is 4.07. The van der Waals surface area contributed by atoms with Gasteiger partial charge in [-0.05, 0) is 38.5 Å². The summed E-state index contributed by atoms with van der Waals surface area (Å²) in [6, 6.07) is 9.10. The van der Waals surface area contributed by atoms with Crippen LogP contribution in [0.15, 0.2) is 30.3 Å². The van der Waals surface area contributed by atoms with Gasteiger partial charge in [-0.1, -0.05) is 18.2 Å². The second-order valence-corrected chi connectivity index (χ2v) is 6.02. The number of ether oxygens (including phenoxy) is 3. The molecule has 0 aliphatic rings. The van der Waals surface area contributed by atoms with Gasteiger partial charge in [0.25, 0.3) is 0 Å². The van der Waals surface area contributed by atoms with Crippen LogP contribution < -0.4 is 4.74 Å². The first-order valence-electron chi connectivity index (χ1n) is 8.54. The fourth-order valence-electron chi connectivity index (χ4n) is 2.69. The summed E-state index contributed by atoms with van der Waals surface area (Å²) in [7, 11) is 1.28. The van der Waals surface area contributed by atoms with E-state index in [-0.39, 0.29) is 18.7 Å². The highest BCUT2D eigenvalue weighted by atomic mass is 16.5. The van der Waals surface area contributed by atoms with Crippen LogP contribution in [0.25, 0.3) is 0 Å². The Labute approximate surface area is 157 Å². The van der Waals surface area contributed by atoms with Gasteiger partial charge in [0.2, 0.25) is 5.78 Å². The number of carbonyl (C=O) groups excluding carboxylic acids is 3. The van der Waals surface area contributed by atoms with E-state index in [0.29, 0.717) is 22.6 Å². The van der Waals surface area contributed by atoms with Crippen LogP contribution in [0.2, 0.25) is 0 Å². The minimum atomic E-state index is -0.989. The summed E-state index contributed by atoms with van der Waals surface area (Å²) in [4.78, 5) is 39.2. The number of Topliss-reactive ketones (excluding diaryl/α,β-unsaturated/α-hetero) is 1. The Morgan fingerprint density at radius 1 is 1.11 bits per heavy atom. The van der Waals surface area contributed by atoms with Crippen molar-refractivity contribution in [2.24, 2.45) is 0 Å². The molecule has 0 radical (unpaired) electrons. The summed E-state index contributed by atoms with van der Waals surface area (Å²) < 4.78 is 15.4. The van der Waals surface area contributed by atoms with E-state index in [4.69, 9.17) is 14.2 Å². The molecule has 0 saturated carbocycles. The Morgan fingerprint density at radius 3 is 2.41 bits per heavy atom. The smallest absolute Gasteiger partial charge is 0.339 e. The van der Waals surface area contributed by atoms with E-state index in [2.05, 4.69) is 4.98 Å². The van der Waals surface area contributed by atoms with Crippen molar-refractivity contribution < 1.29 is 28.6 Å². The second kappa shape index (κ2) is 9.02. The van der Waals surface area contributed by atoms with Crippen LogP contribution in [0.4, 0.5) is 0 Å². The first-order chi connectivity index (χ1) is 12.8. The molecule has 0 saturated heterocycles. The third-order valence-electron chi connectivity index (χ3n) is 4.07. The van der Waals surface area contributed by atoms with Gasteiger partial charge in [0, 0.05) is 5.69 Å². The number of para-hydroxylation sites is 1. The van der Waals surface area contributed by atoms with Crippen molar-refractivity contribution in [1.29, 1.82) is 0 Å². The summed E-state index contributed by atoms with van der Waals surface area (Å²) in [6.07, 6.45) is -0.973. The largest absolute Gasteiger partial charge is 0.493 e. The van der Waals surface area contributed by atoms with E-state index in [9.17, 15) is 14.4 Å². The van der Waals surface area contributed by atoms with Crippen molar-refractivity contribution >= 4 is 17.7 Å². The number of nitrogens with one attached hydrogen (secondary N) is 1. The van der Waals surface area contributed by atoms with Crippen molar-refractivity contribution in [1.82, 2.24) is 4.98 Å². The SMILES string of the molecule is COC(=O)c1c(C)[nH]c(C(=O)[C@@H](C)OC(=O)CCOc2ccccc2)c1C. The van der Waals surface area contributed by atoms with Crippen molar-refractivity contribution in [2.75, 3.05) is 13.7 Å². The van der Waals surface area contributed by atoms with Gasteiger partial charge in [-0.2, -0.15) is 0 Å². The molecule has 144 valence electrons. The van der Waals surface area contributed by atoms with Crippen LogP contribution in [-0.2, 0) is 14.3 Å². The molecule has 7 heteroatoms. The van der Waals surface area contributed by atoms with Gasteiger partial charge < -0.3 is 19.2 Å². The molecular formula is C20H23NO6. The molecule has 0 fully saturated rings. The van der Waals surface area contributed by atoms with Gasteiger partial charge in [-0.15, -0.1) is 0 Å². The highest BCUT2D eigenvalue weighted by Gasteiger charge is 2.27. The number of aromatic nitrogens is 1. The molecule has 0 amide bonds. The van der Waals surface area contributed by atoms with Crippen LogP contribution in [0, 0.1) is 13.8 Å². The summed E-state index contributed by atoms with van der Waals surface area (Å²) in [5.74, 6) is -0.825. The average molecular weight is 373 g/mol. The topological polar surface area (TPSA) is 94.7 Å². The number of hydrogen-bond acceptors (Lipinski definition) is 6. The minimum Gasteiger partial charge on any atom is -0.493 e. The van der Waals surface area contributed by atoms with Crippen LogP contribution >= 0.6 is 0 Å². The van der Waals surface area contributed by atoms with Gasteiger partial charge in [-0.3, -0.25) is 9.59 Å². The number of aryl methyl sites for hydroxylation is 1. The lowest BCUT2D eigenvalue weighted by atomic mass is 10.1. The fraction of sp³-hybridized carbons (Fsp3) is 0.350. The molecule has 1 aromatic heterocycles. The van der Waals surface area contributed by atoms with Gasteiger partial charge in [-0.25, -0.2) is 4.79 Å². The van der Waals surface area contributed by atoms with E-state index in [1.807, 2.05) is 18.2 Å². The molecule has 27 heavy (non-hydrogen) atoms. The number of esters is 2. The molecule has 1 atom stereocenters. The van der Waals surface area contributed by atoms with Crippen molar-refractivity contribution in [3.05, 3.63) is 52.8 Å². The molecule has 1 heterocycles. The van der Waals surface area contributed by atoms with Crippen LogP contribution in [0.5, 0.6) is 5.75 Å². The third kappa shape index (κ3) is 4.97. The first-order valence-corrected chi connectivity index (χ1v) is 8.54. The summed E-state index contributed by atoms with van der Waals surface area (Å²) in [6.45, 7) is 4.96. The number of H-pyrrole nitrogens is 1. The quantitative estimate of drug-likeness (QED) is 0.565. The number of aromatic amines is 1. The molecule has 0 spiro atoms. The highest BCUT2D eigenvalue weighted by Crippen LogP contribution is 2.21. The Balaban J connectivity index is 1.93. The average Bonchev–Trinajstić information content (AvgIpc) is 2.95. The van der Waals surface area contributed by atoms with E-state index in [1.165, 1.54) is 14.0 Å². The molecular weight excluding hydrogens is 350 g/mol. The maximum atomic E-state index is 12.6. The number of carbonyl (C=O) groups is 3. The van der Waals surface area contributed by atoms with E-state index < -0.39 is 23.8 Å². The van der Waals surface area contributed by atoms with Crippen molar-refractivity contribution in [3.8, 4) is 5.75 Å². The molecule has 0 aliphatic carbocycles. The first kappa shape index (κ1) is 20.2. The van der Waals surface area contributed by atoms with E-state index >= 15 is 0 Å². The number of ketones is 1.